The van der Waals surface area contributed by atoms with E-state index in [0.717, 1.165) is 75.3 Å². The molecular formula is C34H43FN2O3. The first-order valence-corrected chi connectivity index (χ1v) is 14.9. The van der Waals surface area contributed by atoms with Crippen LogP contribution in [-0.2, 0) is 19.3 Å². The van der Waals surface area contributed by atoms with Gasteiger partial charge >= 0.3 is 0 Å². The van der Waals surface area contributed by atoms with Crippen LogP contribution >= 0.6 is 0 Å². The van der Waals surface area contributed by atoms with Gasteiger partial charge in [-0.1, -0.05) is 31.0 Å². The Morgan fingerprint density at radius 3 is 2.62 bits per heavy atom. The summed E-state index contributed by atoms with van der Waals surface area (Å²) in [5.41, 5.74) is 5.95. The summed E-state index contributed by atoms with van der Waals surface area (Å²) < 4.78 is 26.0. The molecule has 0 saturated carbocycles. The highest BCUT2D eigenvalue weighted by molar-refractivity contribution is 5.57. The molecule has 2 aliphatic rings. The Morgan fingerprint density at radius 2 is 1.82 bits per heavy atom. The fraction of sp³-hybridized carbons (Fsp3) is 0.471. The zero-order chi connectivity index (χ0) is 27.7. The molecule has 6 heteroatoms. The first-order valence-electron chi connectivity index (χ1n) is 14.9. The largest absolute Gasteiger partial charge is 0.508 e. The number of ether oxygens (including phenoxy) is 2. The molecule has 1 fully saturated rings. The van der Waals surface area contributed by atoms with Crippen molar-refractivity contribution in [2.75, 3.05) is 45.2 Å². The lowest BCUT2D eigenvalue weighted by Crippen LogP contribution is -2.29. The average molecular weight is 547 g/mol. The Kier molecular flexibility index (Phi) is 9.82. The van der Waals surface area contributed by atoms with Gasteiger partial charge in [0.2, 0.25) is 0 Å². The smallest absolute Gasteiger partial charge is 0.165 e. The number of fused-ring (bicyclic) bond motifs is 1. The molecule has 40 heavy (non-hydrogen) atoms. The fourth-order valence-corrected chi connectivity index (χ4v) is 6.16. The number of methoxy groups -OCH3 is 1. The number of rotatable bonds is 11. The predicted molar refractivity (Wildman–Crippen MR) is 159 cm³/mol. The van der Waals surface area contributed by atoms with Gasteiger partial charge in [0.05, 0.1) is 7.11 Å². The van der Waals surface area contributed by atoms with E-state index in [1.165, 1.54) is 42.4 Å². The van der Waals surface area contributed by atoms with Crippen LogP contribution in [0.3, 0.4) is 0 Å². The monoisotopic (exact) mass is 546 g/mol. The van der Waals surface area contributed by atoms with E-state index in [1.54, 1.807) is 25.3 Å². The maximum absolute atomic E-state index is 14.7. The average Bonchev–Trinajstić information content (AvgIpc) is 3.25. The molecular weight excluding hydrogens is 503 g/mol. The molecule has 214 valence electrons. The number of phenolic OH excluding ortho intramolecular Hbond substituents is 1. The third-order valence-corrected chi connectivity index (χ3v) is 8.44. The third-order valence-electron chi connectivity index (χ3n) is 8.44. The second kappa shape index (κ2) is 13.9. The first-order chi connectivity index (χ1) is 19.6. The normalized spacial score (nSPS) is 17.6. The van der Waals surface area contributed by atoms with E-state index in [0.29, 0.717) is 24.0 Å². The van der Waals surface area contributed by atoms with Crippen molar-refractivity contribution in [3.63, 3.8) is 0 Å². The summed E-state index contributed by atoms with van der Waals surface area (Å²) in [6.07, 6.45) is 9.76. The SMILES string of the molecule is COc1ccc(C2CCc3cc(O)ccc3C2)c(NCCCc2ccc(OCCN3CCCCCC3)c(F)c2)c1. The summed E-state index contributed by atoms with van der Waals surface area (Å²) in [6.45, 7) is 4.41. The van der Waals surface area contributed by atoms with Crippen molar-refractivity contribution in [1.29, 1.82) is 0 Å². The van der Waals surface area contributed by atoms with Crippen LogP contribution in [-0.4, -0.2) is 49.9 Å². The second-order valence-corrected chi connectivity index (χ2v) is 11.2. The van der Waals surface area contributed by atoms with Gasteiger partial charge in [0.1, 0.15) is 18.1 Å². The number of halogens is 1. The van der Waals surface area contributed by atoms with E-state index in [2.05, 4.69) is 28.4 Å². The number of nitrogens with zero attached hydrogens (tertiary/aromatic N) is 1. The highest BCUT2D eigenvalue weighted by Gasteiger charge is 2.23. The van der Waals surface area contributed by atoms with Crippen LogP contribution in [0.15, 0.2) is 54.6 Å². The quantitative estimate of drug-likeness (QED) is 0.251. The van der Waals surface area contributed by atoms with Gasteiger partial charge in [0.25, 0.3) is 0 Å². The molecule has 0 amide bonds. The minimum Gasteiger partial charge on any atom is -0.508 e. The lowest BCUT2D eigenvalue weighted by atomic mass is 9.79. The number of nitrogens with one attached hydrogen (secondary N) is 1. The minimum atomic E-state index is -0.276. The Balaban J connectivity index is 1.13. The van der Waals surface area contributed by atoms with Gasteiger partial charge in [0.15, 0.2) is 11.6 Å². The number of hydrogen-bond acceptors (Lipinski definition) is 5. The van der Waals surface area contributed by atoms with Crippen molar-refractivity contribution in [2.24, 2.45) is 0 Å². The van der Waals surface area contributed by atoms with Gasteiger partial charge in [-0.05, 0) is 117 Å². The predicted octanol–water partition coefficient (Wildman–Crippen LogP) is 7.11. The van der Waals surface area contributed by atoms with Gasteiger partial charge in [-0.15, -0.1) is 0 Å². The molecule has 2 N–H and O–H groups in total. The molecule has 1 atom stereocenters. The molecule has 3 aromatic carbocycles. The van der Waals surface area contributed by atoms with Gasteiger partial charge < -0.3 is 19.9 Å². The van der Waals surface area contributed by atoms with E-state index in [9.17, 15) is 9.50 Å². The number of likely N-dealkylation sites (tertiary alicyclic amines) is 1. The van der Waals surface area contributed by atoms with E-state index in [-0.39, 0.29) is 5.82 Å². The Bertz CT molecular complexity index is 1260. The van der Waals surface area contributed by atoms with Crippen LogP contribution in [0.5, 0.6) is 17.2 Å². The van der Waals surface area contributed by atoms with Crippen LogP contribution in [0.1, 0.15) is 66.7 Å². The van der Waals surface area contributed by atoms with Gasteiger partial charge in [-0.2, -0.15) is 0 Å². The van der Waals surface area contributed by atoms with E-state index >= 15 is 0 Å². The van der Waals surface area contributed by atoms with E-state index < -0.39 is 0 Å². The van der Waals surface area contributed by atoms with Crippen molar-refractivity contribution in [1.82, 2.24) is 4.90 Å². The number of benzene rings is 3. The van der Waals surface area contributed by atoms with Crippen molar-refractivity contribution in [2.45, 2.75) is 63.7 Å². The first kappa shape index (κ1) is 28.3. The molecule has 1 saturated heterocycles. The summed E-state index contributed by atoms with van der Waals surface area (Å²) in [4.78, 5) is 2.43. The number of aryl methyl sites for hydroxylation is 2. The number of hydrogen-bond donors (Lipinski definition) is 2. The zero-order valence-corrected chi connectivity index (χ0v) is 23.8. The summed E-state index contributed by atoms with van der Waals surface area (Å²) in [5, 5.41) is 13.5. The summed E-state index contributed by atoms with van der Waals surface area (Å²) in [7, 11) is 1.69. The maximum atomic E-state index is 14.7. The van der Waals surface area contributed by atoms with Gasteiger partial charge in [0, 0.05) is 24.8 Å². The molecule has 0 spiro atoms. The minimum absolute atomic E-state index is 0.276. The van der Waals surface area contributed by atoms with Crippen LogP contribution in [0.25, 0.3) is 0 Å². The standard InChI is InChI=1S/C34H43FN2O3/c1-39-30-13-14-31(28-10-9-27-23-29(38)12-11-26(27)22-28)33(24-30)36-16-6-7-25-8-15-34(32(35)21-25)40-20-19-37-17-4-2-3-5-18-37/h8,11-15,21,23-24,28,36,38H,2-7,9-10,16-20,22H2,1H3. The summed E-state index contributed by atoms with van der Waals surface area (Å²) in [5.74, 6) is 1.66. The Hall–Kier alpha value is -3.25. The molecule has 3 aromatic rings. The number of aromatic hydroxyl groups is 1. The van der Waals surface area contributed by atoms with Crippen LogP contribution in [0.2, 0.25) is 0 Å². The maximum Gasteiger partial charge on any atom is 0.165 e. The van der Waals surface area contributed by atoms with Gasteiger partial charge in [-0.3, -0.25) is 4.90 Å². The van der Waals surface area contributed by atoms with Crippen molar-refractivity contribution >= 4 is 5.69 Å². The number of phenols is 1. The molecule has 0 bridgehead atoms. The Morgan fingerprint density at radius 1 is 0.975 bits per heavy atom. The summed E-state index contributed by atoms with van der Waals surface area (Å²) >= 11 is 0. The summed E-state index contributed by atoms with van der Waals surface area (Å²) in [6, 6.07) is 17.4. The van der Waals surface area contributed by atoms with E-state index in [4.69, 9.17) is 9.47 Å². The highest BCUT2D eigenvalue weighted by atomic mass is 19.1. The number of anilines is 1. The fourth-order valence-electron chi connectivity index (χ4n) is 6.16. The topological polar surface area (TPSA) is 54.0 Å². The molecule has 1 unspecified atom stereocenters. The molecule has 5 nitrogen and oxygen atoms in total. The molecule has 5 rings (SSSR count). The lowest BCUT2D eigenvalue weighted by molar-refractivity contribution is 0.209. The van der Waals surface area contributed by atoms with E-state index in [1.807, 2.05) is 18.2 Å². The zero-order valence-electron chi connectivity index (χ0n) is 23.8. The highest BCUT2D eigenvalue weighted by Crippen LogP contribution is 2.38. The lowest BCUT2D eigenvalue weighted by Gasteiger charge is -2.27. The van der Waals surface area contributed by atoms with Crippen LogP contribution in [0, 0.1) is 5.82 Å². The van der Waals surface area contributed by atoms with Gasteiger partial charge in [-0.25, -0.2) is 4.39 Å². The van der Waals surface area contributed by atoms with Crippen LogP contribution < -0.4 is 14.8 Å². The second-order valence-electron chi connectivity index (χ2n) is 11.2. The third kappa shape index (κ3) is 7.48. The molecule has 1 heterocycles. The van der Waals surface area contributed by atoms with Crippen molar-refractivity contribution in [3.05, 3.63) is 82.7 Å². The molecule has 0 aromatic heterocycles. The van der Waals surface area contributed by atoms with Crippen molar-refractivity contribution < 1.29 is 19.0 Å². The Labute approximate surface area is 238 Å². The van der Waals surface area contributed by atoms with Crippen molar-refractivity contribution in [3.8, 4) is 17.2 Å². The molecule has 1 aliphatic carbocycles. The van der Waals surface area contributed by atoms with Crippen LogP contribution in [0.4, 0.5) is 10.1 Å². The molecule has 1 aliphatic heterocycles. The molecule has 0 radical (unpaired) electrons.